The maximum Gasteiger partial charge on any atom is 0.337 e. The van der Waals surface area contributed by atoms with Gasteiger partial charge in [0.15, 0.2) is 5.58 Å². The Hall–Kier alpha value is -2.51. The monoisotopic (exact) mass is 362 g/mol. The van der Waals surface area contributed by atoms with Crippen LogP contribution in [0, 0.1) is 0 Å². The summed E-state index contributed by atoms with van der Waals surface area (Å²) in [6, 6.07) is 11.6. The Morgan fingerprint density at radius 2 is 2.04 bits per heavy atom. The third-order valence-corrected chi connectivity index (χ3v) is 4.24. The summed E-state index contributed by atoms with van der Waals surface area (Å²) in [5.74, 6) is -1.38. The van der Waals surface area contributed by atoms with E-state index in [0.29, 0.717) is 16.5 Å². The van der Waals surface area contributed by atoms with Gasteiger partial charge >= 0.3 is 5.97 Å². The molecular weight excluding hydrogens is 352 g/mol. The van der Waals surface area contributed by atoms with E-state index < -0.39 is 5.97 Å². The van der Waals surface area contributed by atoms with Crippen molar-refractivity contribution in [1.29, 1.82) is 0 Å². The van der Waals surface area contributed by atoms with Gasteiger partial charge in [0.25, 0.3) is 5.22 Å². The minimum Gasteiger partial charge on any atom is -0.478 e. The highest BCUT2D eigenvalue weighted by molar-refractivity contribution is 7.99. The molecule has 0 saturated carbocycles. The normalized spacial score (nSPS) is 10.7. The number of nitrogens with zero attached hydrogens (tertiary/aromatic N) is 1. The molecule has 2 aromatic carbocycles. The number of aromatic carboxylic acids is 1. The van der Waals surface area contributed by atoms with Gasteiger partial charge in [-0.3, -0.25) is 4.79 Å². The number of benzene rings is 2. The van der Waals surface area contributed by atoms with Gasteiger partial charge in [-0.2, -0.15) is 0 Å². The SMILES string of the molecule is O=C(CSc1nc2ccccc2o1)Nc1ccc(Cl)c(C(=O)O)c1. The fraction of sp³-hybridized carbons (Fsp3) is 0.0625. The molecule has 24 heavy (non-hydrogen) atoms. The molecule has 0 aliphatic rings. The lowest BCUT2D eigenvalue weighted by atomic mass is 10.2. The lowest BCUT2D eigenvalue weighted by molar-refractivity contribution is -0.113. The second-order valence-electron chi connectivity index (χ2n) is 4.78. The summed E-state index contributed by atoms with van der Waals surface area (Å²) in [4.78, 5) is 27.3. The van der Waals surface area contributed by atoms with Crippen molar-refractivity contribution >= 4 is 52.0 Å². The van der Waals surface area contributed by atoms with E-state index in [1.165, 1.54) is 18.2 Å². The van der Waals surface area contributed by atoms with E-state index >= 15 is 0 Å². The number of oxazole rings is 1. The molecule has 0 fully saturated rings. The molecule has 0 atom stereocenters. The molecule has 1 aromatic heterocycles. The lowest BCUT2D eigenvalue weighted by Gasteiger charge is -2.06. The molecule has 0 saturated heterocycles. The highest BCUT2D eigenvalue weighted by Gasteiger charge is 2.12. The smallest absolute Gasteiger partial charge is 0.337 e. The number of fused-ring (bicyclic) bond motifs is 1. The molecular formula is C16H11ClN2O4S. The van der Waals surface area contributed by atoms with Gasteiger partial charge in [0.1, 0.15) is 5.52 Å². The van der Waals surface area contributed by atoms with Crippen LogP contribution in [0.1, 0.15) is 10.4 Å². The first-order valence-electron chi connectivity index (χ1n) is 6.84. The Labute approximate surface area is 145 Å². The Bertz CT molecular complexity index is 892. The van der Waals surface area contributed by atoms with Crippen LogP contribution < -0.4 is 5.32 Å². The van der Waals surface area contributed by atoms with Crippen molar-refractivity contribution in [1.82, 2.24) is 4.98 Å². The summed E-state index contributed by atoms with van der Waals surface area (Å²) < 4.78 is 5.51. The van der Waals surface area contributed by atoms with Gasteiger partial charge in [-0.1, -0.05) is 35.5 Å². The molecule has 2 N–H and O–H groups in total. The highest BCUT2D eigenvalue weighted by atomic mass is 35.5. The quantitative estimate of drug-likeness (QED) is 0.668. The third kappa shape index (κ3) is 3.69. The van der Waals surface area contributed by atoms with Gasteiger partial charge < -0.3 is 14.8 Å². The molecule has 0 aliphatic heterocycles. The first-order valence-corrected chi connectivity index (χ1v) is 8.20. The summed E-state index contributed by atoms with van der Waals surface area (Å²) >= 11 is 6.94. The number of para-hydroxylation sites is 2. The van der Waals surface area contributed by atoms with Gasteiger partial charge in [0.2, 0.25) is 5.91 Å². The number of aromatic nitrogens is 1. The second-order valence-corrected chi connectivity index (χ2v) is 6.12. The van der Waals surface area contributed by atoms with Crippen molar-refractivity contribution in [2.24, 2.45) is 0 Å². The van der Waals surface area contributed by atoms with Crippen LogP contribution in [0.25, 0.3) is 11.1 Å². The van der Waals surface area contributed by atoms with Crippen LogP contribution in [0.5, 0.6) is 0 Å². The first kappa shape index (κ1) is 16.4. The summed E-state index contributed by atoms with van der Waals surface area (Å²) in [6.45, 7) is 0. The standard InChI is InChI=1S/C16H11ClN2O4S/c17-11-6-5-9(7-10(11)15(21)22)18-14(20)8-24-16-19-12-3-1-2-4-13(12)23-16/h1-7H,8H2,(H,18,20)(H,21,22). The third-order valence-electron chi connectivity index (χ3n) is 3.08. The Balaban J connectivity index is 1.63. The van der Waals surface area contributed by atoms with Crippen molar-refractivity contribution in [2.75, 3.05) is 11.1 Å². The highest BCUT2D eigenvalue weighted by Crippen LogP contribution is 2.24. The number of rotatable bonds is 5. The predicted molar refractivity (Wildman–Crippen MR) is 91.8 cm³/mol. The van der Waals surface area contributed by atoms with E-state index in [0.717, 1.165) is 17.3 Å². The van der Waals surface area contributed by atoms with E-state index in [9.17, 15) is 9.59 Å². The van der Waals surface area contributed by atoms with Crippen LogP contribution in [-0.4, -0.2) is 27.7 Å². The van der Waals surface area contributed by atoms with Gasteiger partial charge in [0, 0.05) is 5.69 Å². The summed E-state index contributed by atoms with van der Waals surface area (Å²) in [5, 5.41) is 12.1. The van der Waals surface area contributed by atoms with E-state index in [2.05, 4.69) is 10.3 Å². The second kappa shape index (κ2) is 6.94. The molecule has 0 aliphatic carbocycles. The van der Waals surface area contributed by atoms with Crippen LogP contribution in [0.2, 0.25) is 5.02 Å². The van der Waals surface area contributed by atoms with Gasteiger partial charge in [0.05, 0.1) is 16.3 Å². The number of halogens is 1. The molecule has 6 nitrogen and oxygen atoms in total. The van der Waals surface area contributed by atoms with Gasteiger partial charge in [-0.05, 0) is 30.3 Å². The minimum atomic E-state index is -1.16. The zero-order valence-electron chi connectivity index (χ0n) is 12.2. The summed E-state index contributed by atoms with van der Waals surface area (Å²) in [7, 11) is 0. The number of carboxylic acids is 1. The van der Waals surface area contributed by atoms with Gasteiger partial charge in [-0.15, -0.1) is 0 Å². The van der Waals surface area contributed by atoms with Crippen molar-refractivity contribution in [3.8, 4) is 0 Å². The number of amides is 1. The maximum absolute atomic E-state index is 12.0. The fourth-order valence-corrected chi connectivity index (χ4v) is 2.84. The Morgan fingerprint density at radius 1 is 1.25 bits per heavy atom. The van der Waals surface area contributed by atoms with E-state index in [1.54, 1.807) is 6.07 Å². The number of thioether (sulfide) groups is 1. The van der Waals surface area contributed by atoms with E-state index in [1.807, 2.05) is 18.2 Å². The van der Waals surface area contributed by atoms with E-state index in [4.69, 9.17) is 21.1 Å². The number of hydrogen-bond donors (Lipinski definition) is 2. The van der Waals surface area contributed by atoms with Crippen molar-refractivity contribution < 1.29 is 19.1 Å². The molecule has 0 spiro atoms. The number of carboxylic acid groups (broad SMARTS) is 1. The van der Waals surface area contributed by atoms with Crippen LogP contribution in [0.15, 0.2) is 52.1 Å². The molecule has 0 radical (unpaired) electrons. The van der Waals surface area contributed by atoms with Crippen molar-refractivity contribution in [3.63, 3.8) is 0 Å². The zero-order valence-corrected chi connectivity index (χ0v) is 13.7. The zero-order chi connectivity index (χ0) is 17.1. The molecule has 3 rings (SSSR count). The number of hydrogen-bond acceptors (Lipinski definition) is 5. The largest absolute Gasteiger partial charge is 0.478 e. The van der Waals surface area contributed by atoms with Crippen molar-refractivity contribution in [3.05, 3.63) is 53.1 Å². The molecule has 1 amide bonds. The average molecular weight is 363 g/mol. The lowest BCUT2D eigenvalue weighted by Crippen LogP contribution is -2.14. The molecule has 0 unspecified atom stereocenters. The Morgan fingerprint density at radius 3 is 2.79 bits per heavy atom. The van der Waals surface area contributed by atoms with Crippen LogP contribution >= 0.6 is 23.4 Å². The molecule has 8 heteroatoms. The predicted octanol–water partition coefficient (Wildman–Crippen LogP) is 3.91. The fourth-order valence-electron chi connectivity index (χ4n) is 2.00. The van der Waals surface area contributed by atoms with Crippen molar-refractivity contribution in [2.45, 2.75) is 5.22 Å². The first-order chi connectivity index (χ1) is 11.5. The van der Waals surface area contributed by atoms with Gasteiger partial charge in [-0.25, -0.2) is 9.78 Å². The number of anilines is 1. The van der Waals surface area contributed by atoms with Crippen LogP contribution in [0.4, 0.5) is 5.69 Å². The average Bonchev–Trinajstić information content (AvgIpc) is 2.97. The number of carbonyl (C=O) groups excluding carboxylic acids is 1. The topological polar surface area (TPSA) is 92.4 Å². The van der Waals surface area contributed by atoms with Crippen LogP contribution in [-0.2, 0) is 4.79 Å². The molecule has 3 aromatic rings. The molecule has 1 heterocycles. The van der Waals surface area contributed by atoms with E-state index in [-0.39, 0.29) is 22.2 Å². The van der Waals surface area contributed by atoms with Crippen LogP contribution in [0.3, 0.4) is 0 Å². The number of nitrogens with one attached hydrogen (secondary N) is 1. The number of carbonyl (C=O) groups is 2. The minimum absolute atomic E-state index is 0.0685. The molecule has 0 bridgehead atoms. The summed E-state index contributed by atoms with van der Waals surface area (Å²) in [6.07, 6.45) is 0. The Kier molecular flexibility index (Phi) is 4.73. The molecule has 122 valence electrons. The maximum atomic E-state index is 12.0. The summed E-state index contributed by atoms with van der Waals surface area (Å²) in [5.41, 5.74) is 1.68.